The van der Waals surface area contributed by atoms with Gasteiger partial charge in [0.2, 0.25) is 0 Å². The zero-order valence-corrected chi connectivity index (χ0v) is 10.1. The minimum Gasteiger partial charge on any atom is -0.323 e. The lowest BCUT2D eigenvalue weighted by molar-refractivity contribution is -0.123. The summed E-state index contributed by atoms with van der Waals surface area (Å²) in [5.74, 6) is 0.258. The lowest BCUT2D eigenvalue weighted by Crippen LogP contribution is -2.48. The number of carbonyl (C=O) groups excluding carboxylic acids is 2. The number of hydrogen-bond donors (Lipinski definition) is 1. The Hall–Kier alpha value is -1.91. The predicted octanol–water partition coefficient (Wildman–Crippen LogP) is 1.84. The first-order chi connectivity index (χ1) is 8.73. The van der Waals surface area contributed by atoms with Crippen molar-refractivity contribution in [3.63, 3.8) is 0 Å². The molecule has 0 aromatic carbocycles. The molecule has 94 valence electrons. The lowest BCUT2D eigenvalue weighted by Gasteiger charge is -2.30. The molecule has 0 atom stereocenters. The average Bonchev–Trinajstić information content (AvgIpc) is 2.63. The maximum atomic E-state index is 12.5. The molecular weight excluding hydrogens is 230 g/mol. The summed E-state index contributed by atoms with van der Waals surface area (Å²) < 4.78 is 0. The number of nitrogens with one attached hydrogen (secondary N) is 1. The highest BCUT2D eigenvalue weighted by atomic mass is 16.2. The zero-order valence-electron chi connectivity index (χ0n) is 10.1. The normalized spacial score (nSPS) is 22.3. The van der Waals surface area contributed by atoms with Crippen LogP contribution >= 0.6 is 0 Å². The highest BCUT2D eigenvalue weighted by Crippen LogP contribution is 2.34. The standard InChI is InChI=1S/C13H15N3O2/c17-11-13(7-3-1-4-8-13)15-12(18)16(11)10-6-2-5-9-14-10/h2,5-6,9H,1,3-4,7-8H2,(H,15,18). The van der Waals surface area contributed by atoms with Crippen molar-refractivity contribution in [1.29, 1.82) is 0 Å². The Morgan fingerprint density at radius 3 is 2.61 bits per heavy atom. The van der Waals surface area contributed by atoms with Gasteiger partial charge in [0, 0.05) is 6.20 Å². The number of imide groups is 1. The van der Waals surface area contributed by atoms with Gasteiger partial charge in [0.25, 0.3) is 5.91 Å². The number of carbonyl (C=O) groups is 2. The molecule has 1 aliphatic carbocycles. The van der Waals surface area contributed by atoms with Gasteiger partial charge in [0.1, 0.15) is 11.4 Å². The summed E-state index contributed by atoms with van der Waals surface area (Å²) in [4.78, 5) is 29.8. The molecule has 2 fully saturated rings. The topological polar surface area (TPSA) is 62.3 Å². The van der Waals surface area contributed by atoms with E-state index < -0.39 is 5.54 Å². The number of aromatic nitrogens is 1. The highest BCUT2D eigenvalue weighted by molar-refractivity contribution is 6.22. The van der Waals surface area contributed by atoms with E-state index in [0.717, 1.165) is 32.1 Å². The first kappa shape index (κ1) is 11.2. The van der Waals surface area contributed by atoms with Gasteiger partial charge in [-0.2, -0.15) is 0 Å². The van der Waals surface area contributed by atoms with Gasteiger partial charge in [-0.1, -0.05) is 25.3 Å². The second-order valence-electron chi connectivity index (χ2n) is 4.90. The summed E-state index contributed by atoms with van der Waals surface area (Å²) in [5.41, 5.74) is -0.674. The van der Waals surface area contributed by atoms with Gasteiger partial charge >= 0.3 is 6.03 Å². The Kier molecular flexibility index (Phi) is 2.54. The molecule has 1 N–H and O–H groups in total. The summed E-state index contributed by atoms with van der Waals surface area (Å²) in [6.07, 6.45) is 6.17. The van der Waals surface area contributed by atoms with E-state index in [0.29, 0.717) is 5.82 Å². The van der Waals surface area contributed by atoms with Crippen LogP contribution in [0.15, 0.2) is 24.4 Å². The summed E-state index contributed by atoms with van der Waals surface area (Å²) in [6, 6.07) is 4.87. The van der Waals surface area contributed by atoms with Gasteiger partial charge in [-0.3, -0.25) is 4.79 Å². The van der Waals surface area contributed by atoms with E-state index >= 15 is 0 Å². The van der Waals surface area contributed by atoms with E-state index in [1.807, 2.05) is 0 Å². The van der Waals surface area contributed by atoms with Crippen molar-refractivity contribution in [3.8, 4) is 0 Å². The van der Waals surface area contributed by atoms with E-state index in [2.05, 4.69) is 10.3 Å². The molecule has 5 heteroatoms. The van der Waals surface area contributed by atoms with Crippen LogP contribution in [-0.2, 0) is 4.79 Å². The van der Waals surface area contributed by atoms with Crippen LogP contribution in [0.3, 0.4) is 0 Å². The second kappa shape index (κ2) is 4.08. The molecule has 18 heavy (non-hydrogen) atoms. The quantitative estimate of drug-likeness (QED) is 0.768. The van der Waals surface area contributed by atoms with E-state index in [4.69, 9.17) is 0 Å². The Morgan fingerprint density at radius 2 is 1.94 bits per heavy atom. The number of hydrogen-bond acceptors (Lipinski definition) is 3. The summed E-state index contributed by atoms with van der Waals surface area (Å²) in [7, 11) is 0. The number of rotatable bonds is 1. The molecule has 2 aliphatic rings. The molecule has 0 unspecified atom stereocenters. The molecule has 1 aromatic rings. The fourth-order valence-corrected chi connectivity index (χ4v) is 2.81. The third kappa shape index (κ3) is 1.58. The van der Waals surface area contributed by atoms with E-state index in [-0.39, 0.29) is 11.9 Å². The van der Waals surface area contributed by atoms with E-state index in [1.54, 1.807) is 24.4 Å². The molecule has 3 rings (SSSR count). The van der Waals surface area contributed by atoms with Gasteiger partial charge in [-0.25, -0.2) is 14.7 Å². The van der Waals surface area contributed by atoms with Crippen molar-refractivity contribution < 1.29 is 9.59 Å². The molecule has 1 aliphatic heterocycles. The second-order valence-corrected chi connectivity index (χ2v) is 4.90. The Labute approximate surface area is 105 Å². The number of amides is 3. The SMILES string of the molecule is O=C1NC2(CCCCC2)C(=O)N1c1ccccn1. The van der Waals surface area contributed by atoms with Crippen LogP contribution in [0, 0.1) is 0 Å². The predicted molar refractivity (Wildman–Crippen MR) is 66.1 cm³/mol. The molecule has 0 bridgehead atoms. The first-order valence-corrected chi connectivity index (χ1v) is 6.31. The summed E-state index contributed by atoms with van der Waals surface area (Å²) >= 11 is 0. The van der Waals surface area contributed by atoms with E-state index in [9.17, 15) is 9.59 Å². The van der Waals surface area contributed by atoms with Crippen molar-refractivity contribution in [2.45, 2.75) is 37.6 Å². The molecule has 3 amide bonds. The van der Waals surface area contributed by atoms with Gasteiger partial charge in [0.05, 0.1) is 0 Å². The molecule has 1 spiro atoms. The number of nitrogens with zero attached hydrogens (tertiary/aromatic N) is 2. The van der Waals surface area contributed by atoms with Crippen molar-refractivity contribution in [1.82, 2.24) is 10.3 Å². The Bertz CT molecular complexity index is 480. The van der Waals surface area contributed by atoms with Crippen LogP contribution < -0.4 is 10.2 Å². The Morgan fingerprint density at radius 1 is 1.17 bits per heavy atom. The largest absolute Gasteiger partial charge is 0.330 e. The zero-order chi connectivity index (χ0) is 12.6. The van der Waals surface area contributed by atoms with E-state index in [1.165, 1.54) is 4.90 Å². The fourth-order valence-electron chi connectivity index (χ4n) is 2.81. The highest BCUT2D eigenvalue weighted by Gasteiger charge is 2.52. The molecule has 0 radical (unpaired) electrons. The van der Waals surface area contributed by atoms with Crippen LogP contribution in [0.1, 0.15) is 32.1 Å². The van der Waals surface area contributed by atoms with Gasteiger partial charge < -0.3 is 5.32 Å². The number of urea groups is 1. The lowest BCUT2D eigenvalue weighted by atomic mass is 9.82. The van der Waals surface area contributed by atoms with Crippen LogP contribution in [0.5, 0.6) is 0 Å². The molecule has 1 aromatic heterocycles. The molecule has 5 nitrogen and oxygen atoms in total. The maximum absolute atomic E-state index is 12.5. The van der Waals surface area contributed by atoms with Crippen LogP contribution in [0.25, 0.3) is 0 Å². The summed E-state index contributed by atoms with van der Waals surface area (Å²) in [6.45, 7) is 0. The van der Waals surface area contributed by atoms with Crippen LogP contribution in [0.2, 0.25) is 0 Å². The fraction of sp³-hybridized carbons (Fsp3) is 0.462. The minimum absolute atomic E-state index is 0.147. The molecular formula is C13H15N3O2. The van der Waals surface area contributed by atoms with Crippen molar-refractivity contribution in [2.75, 3.05) is 4.90 Å². The van der Waals surface area contributed by atoms with Crippen LogP contribution in [-0.4, -0.2) is 22.5 Å². The van der Waals surface area contributed by atoms with Gasteiger partial charge in [-0.05, 0) is 25.0 Å². The van der Waals surface area contributed by atoms with Crippen molar-refractivity contribution in [3.05, 3.63) is 24.4 Å². The third-order valence-electron chi connectivity index (χ3n) is 3.75. The molecule has 2 heterocycles. The van der Waals surface area contributed by atoms with Crippen molar-refractivity contribution in [2.24, 2.45) is 0 Å². The van der Waals surface area contributed by atoms with Gasteiger partial charge in [-0.15, -0.1) is 0 Å². The third-order valence-corrected chi connectivity index (χ3v) is 3.75. The monoisotopic (exact) mass is 245 g/mol. The first-order valence-electron chi connectivity index (χ1n) is 6.31. The molecule has 1 saturated carbocycles. The number of pyridine rings is 1. The molecule has 1 saturated heterocycles. The number of anilines is 1. The van der Waals surface area contributed by atoms with Gasteiger partial charge in [0.15, 0.2) is 0 Å². The Balaban J connectivity index is 1.94. The van der Waals surface area contributed by atoms with Crippen molar-refractivity contribution >= 4 is 17.8 Å². The minimum atomic E-state index is -0.674. The smallest absolute Gasteiger partial charge is 0.323 e. The average molecular weight is 245 g/mol. The van der Waals surface area contributed by atoms with Crippen LogP contribution in [0.4, 0.5) is 10.6 Å². The summed E-state index contributed by atoms with van der Waals surface area (Å²) in [5, 5.41) is 2.87. The maximum Gasteiger partial charge on any atom is 0.330 e.